The van der Waals surface area contributed by atoms with Gasteiger partial charge >= 0.3 is 0 Å². The van der Waals surface area contributed by atoms with Crippen LogP contribution >= 0.6 is 0 Å². The van der Waals surface area contributed by atoms with Gasteiger partial charge in [-0.3, -0.25) is 9.59 Å². The molecule has 1 atom stereocenters. The normalized spacial score (nSPS) is 17.2. The Morgan fingerprint density at radius 1 is 1.00 bits per heavy atom. The zero-order valence-corrected chi connectivity index (χ0v) is 19.4. The topological polar surface area (TPSA) is 115 Å². The first-order chi connectivity index (χ1) is 16.5. The molecule has 0 bridgehead atoms. The fourth-order valence-electron chi connectivity index (χ4n) is 3.84. The molecular weight excluding hydrogens is 442 g/mol. The van der Waals surface area contributed by atoms with Crippen LogP contribution in [0.3, 0.4) is 0 Å². The SMILES string of the molecule is CCOc1ccc(C(O)=C2C(=O)C(=O)N(CCOCCO)[C@@H]2c2ccc(OC)cc2OC)cc1. The first-order valence-corrected chi connectivity index (χ1v) is 10.9. The number of ketones is 1. The maximum Gasteiger partial charge on any atom is 0.295 e. The Hall–Kier alpha value is -3.56. The molecule has 3 rings (SSSR count). The van der Waals surface area contributed by atoms with Crippen LogP contribution in [0.15, 0.2) is 48.0 Å². The fraction of sp³-hybridized carbons (Fsp3) is 0.360. The largest absolute Gasteiger partial charge is 0.507 e. The van der Waals surface area contributed by atoms with E-state index in [-0.39, 0.29) is 37.7 Å². The van der Waals surface area contributed by atoms with Gasteiger partial charge in [-0.05, 0) is 43.3 Å². The van der Waals surface area contributed by atoms with E-state index in [1.807, 2.05) is 6.92 Å². The van der Waals surface area contributed by atoms with Gasteiger partial charge in [0.1, 0.15) is 23.0 Å². The fourth-order valence-corrected chi connectivity index (χ4v) is 3.84. The van der Waals surface area contributed by atoms with E-state index in [1.165, 1.54) is 19.1 Å². The Balaban J connectivity index is 2.11. The third-order valence-electron chi connectivity index (χ3n) is 5.43. The standard InChI is InChI=1S/C25H29NO8/c1-4-34-17-7-5-16(6-8-17)23(28)21-22(19-10-9-18(31-2)15-20(19)32-3)26(25(30)24(21)29)11-13-33-14-12-27/h5-10,15,22,27-28H,4,11-14H2,1-3H3/t22-/m1/s1. The molecule has 182 valence electrons. The molecule has 2 N–H and O–H groups in total. The van der Waals surface area contributed by atoms with E-state index in [0.717, 1.165) is 0 Å². The van der Waals surface area contributed by atoms with E-state index in [2.05, 4.69) is 0 Å². The molecule has 1 aliphatic rings. The number of methoxy groups -OCH3 is 2. The van der Waals surface area contributed by atoms with Crippen LogP contribution in [-0.2, 0) is 14.3 Å². The van der Waals surface area contributed by atoms with E-state index < -0.39 is 17.7 Å². The Bertz CT molecular complexity index is 1050. The number of hydrogen-bond acceptors (Lipinski definition) is 8. The lowest BCUT2D eigenvalue weighted by Gasteiger charge is -2.26. The van der Waals surface area contributed by atoms with Crippen LogP contribution in [0.1, 0.15) is 24.1 Å². The molecule has 2 aromatic rings. The minimum atomic E-state index is -0.912. The minimum Gasteiger partial charge on any atom is -0.507 e. The molecule has 0 aliphatic carbocycles. The van der Waals surface area contributed by atoms with E-state index in [1.54, 1.807) is 42.5 Å². The molecule has 1 fully saturated rings. The average molecular weight is 472 g/mol. The van der Waals surface area contributed by atoms with Crippen molar-refractivity contribution in [3.05, 3.63) is 59.2 Å². The molecule has 0 spiro atoms. The zero-order valence-electron chi connectivity index (χ0n) is 19.4. The van der Waals surface area contributed by atoms with Crippen molar-refractivity contribution in [2.75, 3.05) is 47.2 Å². The molecule has 0 aromatic heterocycles. The van der Waals surface area contributed by atoms with Crippen molar-refractivity contribution in [2.24, 2.45) is 0 Å². The highest BCUT2D eigenvalue weighted by atomic mass is 16.5. The molecule has 1 saturated heterocycles. The summed E-state index contributed by atoms with van der Waals surface area (Å²) in [7, 11) is 2.99. The Labute approximate surface area is 198 Å². The van der Waals surface area contributed by atoms with Gasteiger partial charge < -0.3 is 34.1 Å². The quantitative estimate of drug-likeness (QED) is 0.222. The van der Waals surface area contributed by atoms with Gasteiger partial charge in [-0.2, -0.15) is 0 Å². The molecule has 9 heteroatoms. The van der Waals surface area contributed by atoms with Gasteiger partial charge in [-0.1, -0.05) is 0 Å². The average Bonchev–Trinajstić information content (AvgIpc) is 3.11. The molecule has 1 amide bonds. The highest BCUT2D eigenvalue weighted by Gasteiger charge is 2.47. The number of amides is 1. The molecule has 0 unspecified atom stereocenters. The summed E-state index contributed by atoms with van der Waals surface area (Å²) in [6.07, 6.45) is 0. The van der Waals surface area contributed by atoms with Crippen molar-refractivity contribution in [3.63, 3.8) is 0 Å². The second kappa shape index (κ2) is 11.5. The van der Waals surface area contributed by atoms with Crippen molar-refractivity contribution in [3.8, 4) is 17.2 Å². The molecule has 2 aromatic carbocycles. The van der Waals surface area contributed by atoms with Crippen molar-refractivity contribution in [2.45, 2.75) is 13.0 Å². The van der Waals surface area contributed by atoms with Gasteiger partial charge in [0.15, 0.2) is 0 Å². The highest BCUT2D eigenvalue weighted by molar-refractivity contribution is 6.46. The number of hydrogen-bond donors (Lipinski definition) is 2. The Morgan fingerprint density at radius 2 is 1.71 bits per heavy atom. The monoisotopic (exact) mass is 471 g/mol. The van der Waals surface area contributed by atoms with Gasteiger partial charge in [-0.25, -0.2) is 0 Å². The van der Waals surface area contributed by atoms with Crippen LogP contribution in [0.5, 0.6) is 17.2 Å². The molecule has 1 aliphatic heterocycles. The number of rotatable bonds is 11. The molecular formula is C25H29NO8. The number of carbonyl (C=O) groups excluding carboxylic acids is 2. The number of carbonyl (C=O) groups is 2. The van der Waals surface area contributed by atoms with Crippen LogP contribution in [0, 0.1) is 0 Å². The molecule has 0 saturated carbocycles. The van der Waals surface area contributed by atoms with Gasteiger partial charge in [0.2, 0.25) is 0 Å². The summed E-state index contributed by atoms with van der Waals surface area (Å²) in [4.78, 5) is 27.5. The summed E-state index contributed by atoms with van der Waals surface area (Å²) in [6.45, 7) is 2.48. The summed E-state index contributed by atoms with van der Waals surface area (Å²) < 4.78 is 21.6. The van der Waals surface area contributed by atoms with Crippen molar-refractivity contribution in [1.82, 2.24) is 4.90 Å². The first-order valence-electron chi connectivity index (χ1n) is 10.9. The van der Waals surface area contributed by atoms with E-state index in [9.17, 15) is 14.7 Å². The maximum absolute atomic E-state index is 13.1. The van der Waals surface area contributed by atoms with Crippen molar-refractivity contribution in [1.29, 1.82) is 0 Å². The van der Waals surface area contributed by atoms with Gasteiger partial charge in [-0.15, -0.1) is 0 Å². The third-order valence-corrected chi connectivity index (χ3v) is 5.43. The van der Waals surface area contributed by atoms with Crippen LogP contribution in [0.4, 0.5) is 0 Å². The number of likely N-dealkylation sites (tertiary alicyclic amines) is 1. The summed E-state index contributed by atoms with van der Waals surface area (Å²) in [6, 6.07) is 10.7. The van der Waals surface area contributed by atoms with Gasteiger partial charge in [0.05, 0.1) is 52.3 Å². The number of aliphatic hydroxyl groups is 2. The maximum atomic E-state index is 13.1. The van der Waals surface area contributed by atoms with Gasteiger partial charge in [0, 0.05) is 23.7 Å². The number of Topliss-reactive ketones (excluding diaryl/α,β-unsaturated/α-hetero) is 1. The highest BCUT2D eigenvalue weighted by Crippen LogP contribution is 2.43. The van der Waals surface area contributed by atoms with Crippen LogP contribution < -0.4 is 14.2 Å². The lowest BCUT2D eigenvalue weighted by Crippen LogP contribution is -2.33. The number of ether oxygens (including phenoxy) is 4. The number of benzene rings is 2. The predicted octanol–water partition coefficient (Wildman–Crippen LogP) is 2.53. The van der Waals surface area contributed by atoms with Crippen LogP contribution in [0.2, 0.25) is 0 Å². The molecule has 34 heavy (non-hydrogen) atoms. The Morgan fingerprint density at radius 3 is 2.32 bits per heavy atom. The molecule has 0 radical (unpaired) electrons. The van der Waals surface area contributed by atoms with Crippen molar-refractivity contribution >= 4 is 17.4 Å². The van der Waals surface area contributed by atoms with E-state index in [0.29, 0.717) is 35.0 Å². The summed E-state index contributed by atoms with van der Waals surface area (Å²) in [5, 5.41) is 20.1. The van der Waals surface area contributed by atoms with Crippen molar-refractivity contribution < 1.29 is 38.7 Å². The Kier molecular flexibility index (Phi) is 8.50. The lowest BCUT2D eigenvalue weighted by atomic mass is 9.94. The minimum absolute atomic E-state index is 0.0558. The second-order valence-corrected chi connectivity index (χ2v) is 7.39. The number of aliphatic hydroxyl groups excluding tert-OH is 2. The van der Waals surface area contributed by atoms with E-state index in [4.69, 9.17) is 24.1 Å². The summed E-state index contributed by atoms with van der Waals surface area (Å²) in [5.41, 5.74) is 0.826. The molecule has 1 heterocycles. The first kappa shape index (κ1) is 25.1. The molecule has 9 nitrogen and oxygen atoms in total. The lowest BCUT2D eigenvalue weighted by molar-refractivity contribution is -0.140. The smallest absolute Gasteiger partial charge is 0.295 e. The number of nitrogens with zero attached hydrogens (tertiary/aromatic N) is 1. The van der Waals surface area contributed by atoms with E-state index >= 15 is 0 Å². The van der Waals surface area contributed by atoms with Crippen LogP contribution in [-0.4, -0.2) is 74.0 Å². The predicted molar refractivity (Wildman–Crippen MR) is 124 cm³/mol. The summed E-state index contributed by atoms with van der Waals surface area (Å²) >= 11 is 0. The zero-order chi connectivity index (χ0) is 24.7. The summed E-state index contributed by atoms with van der Waals surface area (Å²) in [5.74, 6) is -0.322. The third kappa shape index (κ3) is 5.16. The van der Waals surface area contributed by atoms with Gasteiger partial charge in [0.25, 0.3) is 11.7 Å². The van der Waals surface area contributed by atoms with Crippen LogP contribution in [0.25, 0.3) is 5.76 Å². The second-order valence-electron chi connectivity index (χ2n) is 7.39.